The Labute approximate surface area is 177 Å². The smallest absolute Gasteiger partial charge is 0.269 e. The average molecular weight is 399 g/mol. The number of hydrogen-bond donors (Lipinski definition) is 0. The van der Waals surface area contributed by atoms with Gasteiger partial charge in [0.1, 0.15) is 5.66 Å². The fraction of sp³-hybridized carbons (Fsp3) is 0.200. The van der Waals surface area contributed by atoms with Gasteiger partial charge < -0.3 is 0 Å². The van der Waals surface area contributed by atoms with Crippen molar-refractivity contribution in [3.05, 3.63) is 91.0 Å². The van der Waals surface area contributed by atoms with Crippen molar-refractivity contribution in [2.75, 3.05) is 14.7 Å². The Kier molecular flexibility index (Phi) is 5.27. The molecule has 3 aromatic carbocycles. The van der Waals surface area contributed by atoms with E-state index < -0.39 is 5.66 Å². The van der Waals surface area contributed by atoms with Gasteiger partial charge in [0.25, 0.3) is 0 Å². The van der Waals surface area contributed by atoms with E-state index in [-0.39, 0.29) is 12.1 Å². The molecule has 4 amide bonds. The molecule has 1 saturated heterocycles. The zero-order valence-electron chi connectivity index (χ0n) is 17.2. The van der Waals surface area contributed by atoms with Crippen LogP contribution in [-0.4, -0.2) is 17.7 Å². The summed E-state index contributed by atoms with van der Waals surface area (Å²) in [7, 11) is 0. The summed E-state index contributed by atoms with van der Waals surface area (Å²) in [4.78, 5) is 32.5. The molecule has 0 spiro atoms. The number of hydrogen-bond acceptors (Lipinski definition) is 2. The molecule has 4 rings (SSSR count). The molecule has 5 nitrogen and oxygen atoms in total. The SMILES string of the molecule is CCC1(CC)N(c2ccccc2)C(=O)N(c2ccccc2)C(=O)N1c1ccccc1. The molecule has 0 N–H and O–H groups in total. The fourth-order valence-electron chi connectivity index (χ4n) is 4.27. The first-order valence-electron chi connectivity index (χ1n) is 10.3. The standard InChI is InChI=1S/C25H25N3O2/c1-3-25(4-2)27(21-16-10-6-11-17-21)23(29)26(20-14-8-5-9-15-20)24(30)28(25)22-18-12-7-13-19-22/h5-19H,3-4H2,1-2H3. The Morgan fingerprint density at radius 3 is 1.23 bits per heavy atom. The Balaban J connectivity index is 1.97. The van der Waals surface area contributed by atoms with Gasteiger partial charge in [0, 0.05) is 11.4 Å². The van der Waals surface area contributed by atoms with E-state index >= 15 is 0 Å². The molecule has 5 heteroatoms. The third-order valence-corrected chi connectivity index (χ3v) is 5.77. The normalized spacial score (nSPS) is 16.1. The Hall–Kier alpha value is -3.60. The number of rotatable bonds is 5. The molecule has 0 radical (unpaired) electrons. The topological polar surface area (TPSA) is 43.9 Å². The van der Waals surface area contributed by atoms with E-state index in [4.69, 9.17) is 0 Å². The first-order valence-corrected chi connectivity index (χ1v) is 10.3. The lowest BCUT2D eigenvalue weighted by Crippen LogP contribution is -2.74. The number of amides is 4. The highest BCUT2D eigenvalue weighted by atomic mass is 16.2. The number of carbonyl (C=O) groups excluding carboxylic acids is 2. The molecule has 0 aromatic heterocycles. The van der Waals surface area contributed by atoms with Crippen LogP contribution >= 0.6 is 0 Å². The van der Waals surface area contributed by atoms with Gasteiger partial charge in [-0.3, -0.25) is 9.80 Å². The molecule has 1 heterocycles. The number of benzene rings is 3. The minimum Gasteiger partial charge on any atom is -0.269 e. The number of anilines is 3. The number of carbonyl (C=O) groups is 2. The molecule has 152 valence electrons. The lowest BCUT2D eigenvalue weighted by molar-refractivity contribution is 0.215. The molecule has 0 aliphatic carbocycles. The van der Waals surface area contributed by atoms with Crippen molar-refractivity contribution in [3.63, 3.8) is 0 Å². The van der Waals surface area contributed by atoms with Crippen LogP contribution in [0.4, 0.5) is 26.7 Å². The molecule has 1 fully saturated rings. The summed E-state index contributed by atoms with van der Waals surface area (Å²) in [6.45, 7) is 4.04. The maximum absolute atomic E-state index is 13.9. The van der Waals surface area contributed by atoms with Crippen molar-refractivity contribution in [1.82, 2.24) is 0 Å². The van der Waals surface area contributed by atoms with Gasteiger partial charge in [0.15, 0.2) is 0 Å². The molecule has 0 unspecified atom stereocenters. The summed E-state index contributed by atoms with van der Waals surface area (Å²) >= 11 is 0. The Morgan fingerprint density at radius 2 is 0.900 bits per heavy atom. The van der Waals surface area contributed by atoms with E-state index in [9.17, 15) is 9.59 Å². The second kappa shape index (κ2) is 8.03. The third-order valence-electron chi connectivity index (χ3n) is 5.77. The monoisotopic (exact) mass is 399 g/mol. The molecule has 1 aliphatic rings. The average Bonchev–Trinajstić information content (AvgIpc) is 2.80. The number of para-hydroxylation sites is 3. The maximum atomic E-state index is 13.9. The largest absolute Gasteiger partial charge is 0.339 e. The van der Waals surface area contributed by atoms with Gasteiger partial charge in [-0.2, -0.15) is 0 Å². The van der Waals surface area contributed by atoms with Crippen molar-refractivity contribution in [1.29, 1.82) is 0 Å². The van der Waals surface area contributed by atoms with Gasteiger partial charge in [-0.25, -0.2) is 14.5 Å². The van der Waals surface area contributed by atoms with Gasteiger partial charge in [0.2, 0.25) is 0 Å². The summed E-state index contributed by atoms with van der Waals surface area (Å²) in [5.74, 6) is 0. The highest BCUT2D eigenvalue weighted by molar-refractivity contribution is 6.27. The number of imide groups is 1. The molecular formula is C25H25N3O2. The number of urea groups is 2. The van der Waals surface area contributed by atoms with E-state index in [1.165, 1.54) is 4.90 Å². The van der Waals surface area contributed by atoms with Crippen LogP contribution in [0.1, 0.15) is 26.7 Å². The van der Waals surface area contributed by atoms with Crippen molar-refractivity contribution in [2.45, 2.75) is 32.4 Å². The minimum atomic E-state index is -0.817. The molecular weight excluding hydrogens is 374 g/mol. The zero-order valence-corrected chi connectivity index (χ0v) is 17.2. The summed E-state index contributed by atoms with van der Waals surface area (Å²) in [6, 6.07) is 27.6. The number of nitrogens with zero attached hydrogens (tertiary/aromatic N) is 3. The van der Waals surface area contributed by atoms with E-state index in [2.05, 4.69) is 0 Å². The van der Waals surface area contributed by atoms with Crippen molar-refractivity contribution >= 4 is 29.1 Å². The predicted octanol–water partition coefficient (Wildman–Crippen LogP) is 6.28. The maximum Gasteiger partial charge on any atom is 0.339 e. The Bertz CT molecular complexity index is 957. The van der Waals surface area contributed by atoms with Crippen LogP contribution in [-0.2, 0) is 0 Å². The van der Waals surface area contributed by atoms with Crippen LogP contribution in [0.2, 0.25) is 0 Å². The predicted molar refractivity (Wildman–Crippen MR) is 121 cm³/mol. The van der Waals surface area contributed by atoms with E-state index in [1.54, 1.807) is 21.9 Å². The van der Waals surface area contributed by atoms with E-state index in [0.29, 0.717) is 18.5 Å². The summed E-state index contributed by atoms with van der Waals surface area (Å²) < 4.78 is 0. The minimum absolute atomic E-state index is 0.340. The molecule has 1 aliphatic heterocycles. The van der Waals surface area contributed by atoms with Crippen LogP contribution in [0, 0.1) is 0 Å². The van der Waals surface area contributed by atoms with Crippen LogP contribution < -0.4 is 14.7 Å². The van der Waals surface area contributed by atoms with Crippen molar-refractivity contribution in [3.8, 4) is 0 Å². The summed E-state index contributed by atoms with van der Waals surface area (Å²) in [5, 5.41) is 0. The van der Waals surface area contributed by atoms with Crippen LogP contribution in [0.5, 0.6) is 0 Å². The van der Waals surface area contributed by atoms with Crippen LogP contribution in [0.15, 0.2) is 91.0 Å². The first-order chi connectivity index (χ1) is 14.6. The lowest BCUT2D eigenvalue weighted by Gasteiger charge is -2.55. The summed E-state index contributed by atoms with van der Waals surface area (Å²) in [5.41, 5.74) is 1.26. The Morgan fingerprint density at radius 1 is 0.567 bits per heavy atom. The quantitative estimate of drug-likeness (QED) is 0.507. The first kappa shape index (κ1) is 19.7. The van der Waals surface area contributed by atoms with E-state index in [0.717, 1.165) is 11.4 Å². The van der Waals surface area contributed by atoms with Crippen LogP contribution in [0.3, 0.4) is 0 Å². The van der Waals surface area contributed by atoms with Crippen molar-refractivity contribution in [2.24, 2.45) is 0 Å². The second-order valence-electron chi connectivity index (χ2n) is 7.27. The van der Waals surface area contributed by atoms with Gasteiger partial charge in [0.05, 0.1) is 5.69 Å². The van der Waals surface area contributed by atoms with Gasteiger partial charge >= 0.3 is 12.1 Å². The second-order valence-corrected chi connectivity index (χ2v) is 7.27. The fourth-order valence-corrected chi connectivity index (χ4v) is 4.27. The third kappa shape index (κ3) is 3.03. The highest BCUT2D eigenvalue weighted by Gasteiger charge is 2.54. The highest BCUT2D eigenvalue weighted by Crippen LogP contribution is 2.42. The van der Waals surface area contributed by atoms with Gasteiger partial charge in [-0.15, -0.1) is 0 Å². The summed E-state index contributed by atoms with van der Waals surface area (Å²) in [6.07, 6.45) is 1.18. The zero-order chi connectivity index (χ0) is 21.1. The van der Waals surface area contributed by atoms with Gasteiger partial charge in [-0.05, 0) is 49.2 Å². The van der Waals surface area contributed by atoms with Gasteiger partial charge in [-0.1, -0.05) is 68.4 Å². The molecule has 0 bridgehead atoms. The molecule has 0 atom stereocenters. The molecule has 30 heavy (non-hydrogen) atoms. The molecule has 3 aromatic rings. The van der Waals surface area contributed by atoms with Crippen molar-refractivity contribution < 1.29 is 9.59 Å². The lowest BCUT2D eigenvalue weighted by atomic mass is 9.95. The molecule has 0 saturated carbocycles. The van der Waals surface area contributed by atoms with Crippen LogP contribution in [0.25, 0.3) is 0 Å². The van der Waals surface area contributed by atoms with E-state index in [1.807, 2.05) is 92.7 Å².